The quantitative estimate of drug-likeness (QED) is 0.396. The molecule has 5 rings (SSSR count). The summed E-state index contributed by atoms with van der Waals surface area (Å²) in [7, 11) is 3.25. The van der Waals surface area contributed by atoms with Gasteiger partial charge in [0.25, 0.3) is 5.91 Å². The molecule has 184 valence electrons. The highest BCUT2D eigenvalue weighted by molar-refractivity contribution is 6.06. The molecule has 0 unspecified atom stereocenters. The van der Waals surface area contributed by atoms with Crippen molar-refractivity contribution in [2.24, 2.45) is 7.05 Å². The molecule has 4 aromatic rings. The zero-order chi connectivity index (χ0) is 25.3. The summed E-state index contributed by atoms with van der Waals surface area (Å²) >= 11 is 0. The lowest BCUT2D eigenvalue weighted by atomic mass is 9.71. The molecular formula is C28H27FN4O3. The van der Waals surface area contributed by atoms with Crippen LogP contribution >= 0.6 is 0 Å². The second kappa shape index (κ2) is 9.45. The number of nitrogens with zero attached hydrogens (tertiary/aromatic N) is 2. The molecule has 1 aliphatic rings. The van der Waals surface area contributed by atoms with Crippen LogP contribution in [0.5, 0.6) is 5.75 Å². The van der Waals surface area contributed by atoms with Crippen LogP contribution in [0.3, 0.4) is 0 Å². The van der Waals surface area contributed by atoms with Crippen molar-refractivity contribution < 1.29 is 18.7 Å². The maximum absolute atomic E-state index is 14.0. The van der Waals surface area contributed by atoms with Crippen LogP contribution in [0.2, 0.25) is 0 Å². The average Bonchev–Trinajstić information content (AvgIpc) is 3.21. The summed E-state index contributed by atoms with van der Waals surface area (Å²) in [5.41, 5.74) is 3.18. The first kappa shape index (κ1) is 23.5. The number of anilines is 1. The van der Waals surface area contributed by atoms with E-state index < -0.39 is 11.4 Å². The molecule has 1 saturated carbocycles. The van der Waals surface area contributed by atoms with Crippen LogP contribution in [0, 0.1) is 5.82 Å². The predicted octanol–water partition coefficient (Wildman–Crippen LogP) is 4.71. The Hall–Kier alpha value is -4.20. The molecule has 3 aromatic carbocycles. The first-order valence-corrected chi connectivity index (χ1v) is 11.8. The molecule has 1 aliphatic carbocycles. The number of aryl methyl sites for hydroxylation is 1. The average molecular weight is 487 g/mol. The molecule has 0 saturated heterocycles. The minimum absolute atomic E-state index is 0.0814. The van der Waals surface area contributed by atoms with Crippen LogP contribution < -0.4 is 15.4 Å². The Kier molecular flexibility index (Phi) is 6.18. The molecule has 36 heavy (non-hydrogen) atoms. The van der Waals surface area contributed by atoms with Gasteiger partial charge in [-0.15, -0.1) is 0 Å². The molecule has 7 nitrogen and oxygen atoms in total. The Labute approximate surface area is 208 Å². The lowest BCUT2D eigenvalue weighted by Gasteiger charge is -2.43. The van der Waals surface area contributed by atoms with Gasteiger partial charge in [-0.1, -0.05) is 18.2 Å². The molecular weight excluding hydrogens is 459 g/mol. The van der Waals surface area contributed by atoms with Crippen LogP contribution in [-0.2, 0) is 23.8 Å². The van der Waals surface area contributed by atoms with E-state index in [1.54, 1.807) is 16.8 Å². The molecule has 1 heterocycles. The number of halogens is 1. The summed E-state index contributed by atoms with van der Waals surface area (Å²) in [6, 6.07) is 17.5. The Morgan fingerprint density at radius 1 is 1.08 bits per heavy atom. The second-order valence-electron chi connectivity index (χ2n) is 9.24. The first-order chi connectivity index (χ1) is 17.3. The van der Waals surface area contributed by atoms with E-state index in [9.17, 15) is 14.0 Å². The monoisotopic (exact) mass is 486 g/mol. The number of rotatable bonds is 7. The van der Waals surface area contributed by atoms with Crippen LogP contribution in [-0.4, -0.2) is 28.7 Å². The van der Waals surface area contributed by atoms with Crippen molar-refractivity contribution >= 4 is 28.4 Å². The molecule has 1 aromatic heterocycles. The van der Waals surface area contributed by atoms with Crippen molar-refractivity contribution in [3.63, 3.8) is 0 Å². The summed E-state index contributed by atoms with van der Waals surface area (Å²) in [6.07, 6.45) is 4.61. The van der Waals surface area contributed by atoms with Gasteiger partial charge in [0, 0.05) is 29.9 Å². The van der Waals surface area contributed by atoms with Crippen molar-refractivity contribution in [2.45, 2.75) is 31.2 Å². The van der Waals surface area contributed by atoms with Crippen molar-refractivity contribution in [1.29, 1.82) is 0 Å². The number of methoxy groups -OCH3 is 1. The third-order valence-corrected chi connectivity index (χ3v) is 6.74. The van der Waals surface area contributed by atoms with Crippen molar-refractivity contribution in [1.82, 2.24) is 15.1 Å². The predicted molar refractivity (Wildman–Crippen MR) is 135 cm³/mol. The number of nitrogens with one attached hydrogen (secondary N) is 2. The van der Waals surface area contributed by atoms with Crippen molar-refractivity contribution in [3.8, 4) is 5.75 Å². The van der Waals surface area contributed by atoms with E-state index in [1.165, 1.54) is 19.2 Å². The Morgan fingerprint density at radius 3 is 2.53 bits per heavy atom. The molecule has 0 bridgehead atoms. The number of hydrogen-bond donors (Lipinski definition) is 2. The van der Waals surface area contributed by atoms with E-state index in [0.29, 0.717) is 16.8 Å². The molecule has 0 radical (unpaired) electrons. The van der Waals surface area contributed by atoms with Gasteiger partial charge in [-0.25, -0.2) is 4.39 Å². The molecule has 1 fully saturated rings. The normalized spacial score (nSPS) is 14.2. The Bertz CT molecular complexity index is 1440. The highest BCUT2D eigenvalue weighted by atomic mass is 19.1. The SMILES string of the molecule is COc1ccc(CC(=O)NC2(c3ccc(NC(=O)c4ccc5nn(C)cc5c4)cc3)CCC2)cc1F. The minimum atomic E-state index is -0.487. The highest BCUT2D eigenvalue weighted by Gasteiger charge is 2.39. The fourth-order valence-electron chi connectivity index (χ4n) is 4.70. The van der Waals surface area contributed by atoms with Gasteiger partial charge in [0.2, 0.25) is 5.91 Å². The van der Waals surface area contributed by atoms with Gasteiger partial charge < -0.3 is 15.4 Å². The molecule has 2 amide bonds. The smallest absolute Gasteiger partial charge is 0.255 e. The van der Waals surface area contributed by atoms with E-state index in [0.717, 1.165) is 35.7 Å². The van der Waals surface area contributed by atoms with Gasteiger partial charge in [-0.05, 0) is 72.9 Å². The Balaban J connectivity index is 1.25. The van der Waals surface area contributed by atoms with E-state index in [2.05, 4.69) is 15.7 Å². The maximum Gasteiger partial charge on any atom is 0.255 e. The fraction of sp³-hybridized carbons (Fsp3) is 0.250. The summed E-state index contributed by atoms with van der Waals surface area (Å²) in [6.45, 7) is 0. The number of carbonyl (C=O) groups is 2. The third-order valence-electron chi connectivity index (χ3n) is 6.74. The molecule has 8 heteroatoms. The standard InChI is InChI=1S/C28H27FN4O3/c1-33-17-20-16-19(5-10-24(20)32-33)27(35)30-22-8-6-21(7-9-22)28(12-3-13-28)31-26(34)15-18-4-11-25(36-2)23(29)14-18/h4-11,14,16-17H,3,12-13,15H2,1-2H3,(H,30,35)(H,31,34). The van der Waals surface area contributed by atoms with Crippen molar-refractivity contribution in [2.75, 3.05) is 12.4 Å². The number of aromatic nitrogens is 2. The maximum atomic E-state index is 14.0. The first-order valence-electron chi connectivity index (χ1n) is 11.8. The van der Waals surface area contributed by atoms with Gasteiger partial charge in [0.15, 0.2) is 11.6 Å². The highest BCUT2D eigenvalue weighted by Crippen LogP contribution is 2.41. The number of amides is 2. The van der Waals surface area contributed by atoms with Crippen LogP contribution in [0.1, 0.15) is 40.7 Å². The van der Waals surface area contributed by atoms with E-state index in [1.807, 2.05) is 49.6 Å². The number of benzene rings is 3. The fourth-order valence-corrected chi connectivity index (χ4v) is 4.70. The summed E-state index contributed by atoms with van der Waals surface area (Å²) in [4.78, 5) is 25.6. The third kappa shape index (κ3) is 4.66. The number of carbonyl (C=O) groups excluding carboxylic acids is 2. The zero-order valence-electron chi connectivity index (χ0n) is 20.2. The van der Waals surface area contributed by atoms with Gasteiger partial charge in [-0.3, -0.25) is 14.3 Å². The van der Waals surface area contributed by atoms with Gasteiger partial charge in [0.1, 0.15) is 0 Å². The van der Waals surface area contributed by atoms with E-state index in [-0.39, 0.29) is 24.0 Å². The minimum Gasteiger partial charge on any atom is -0.494 e. The second-order valence-corrected chi connectivity index (χ2v) is 9.24. The largest absolute Gasteiger partial charge is 0.494 e. The number of ether oxygens (including phenoxy) is 1. The lowest BCUT2D eigenvalue weighted by Crippen LogP contribution is -2.51. The molecule has 0 aliphatic heterocycles. The van der Waals surface area contributed by atoms with Gasteiger partial charge >= 0.3 is 0 Å². The number of hydrogen-bond acceptors (Lipinski definition) is 4. The van der Waals surface area contributed by atoms with Crippen LogP contribution in [0.15, 0.2) is 66.9 Å². The lowest BCUT2D eigenvalue weighted by molar-refractivity contribution is -0.123. The summed E-state index contributed by atoms with van der Waals surface area (Å²) in [5.74, 6) is -0.701. The molecule has 0 atom stereocenters. The molecule has 0 spiro atoms. The molecule has 2 N–H and O–H groups in total. The van der Waals surface area contributed by atoms with Gasteiger partial charge in [0.05, 0.1) is 24.6 Å². The topological polar surface area (TPSA) is 85.2 Å². The van der Waals surface area contributed by atoms with Crippen LogP contribution in [0.4, 0.5) is 10.1 Å². The van der Waals surface area contributed by atoms with Crippen LogP contribution in [0.25, 0.3) is 10.9 Å². The number of fused-ring (bicyclic) bond motifs is 1. The van der Waals surface area contributed by atoms with Gasteiger partial charge in [-0.2, -0.15) is 5.10 Å². The zero-order valence-corrected chi connectivity index (χ0v) is 20.2. The summed E-state index contributed by atoms with van der Waals surface area (Å²) < 4.78 is 20.7. The summed E-state index contributed by atoms with van der Waals surface area (Å²) in [5, 5.41) is 11.3. The van der Waals surface area contributed by atoms with E-state index >= 15 is 0 Å². The van der Waals surface area contributed by atoms with Crippen molar-refractivity contribution in [3.05, 3.63) is 89.4 Å². The Morgan fingerprint density at radius 2 is 1.86 bits per heavy atom. The van der Waals surface area contributed by atoms with E-state index in [4.69, 9.17) is 4.74 Å².